The van der Waals surface area contributed by atoms with E-state index in [1.165, 1.54) is 0 Å². The lowest BCUT2D eigenvalue weighted by atomic mass is 10.2. The largest absolute Gasteiger partial charge is 0.0993 e. The molecule has 0 spiro atoms. The van der Waals surface area contributed by atoms with Crippen LogP contribution in [0.15, 0.2) is 0 Å². The quantitative estimate of drug-likeness (QED) is 0.391. The zero-order valence-electron chi connectivity index (χ0n) is 5.53. The zero-order valence-corrected chi connectivity index (χ0v) is 7.12. The molecule has 0 N–H and O–H groups in total. The molecule has 0 aliphatic heterocycles. The van der Waals surface area contributed by atoms with Gasteiger partial charge in [0.2, 0.25) is 0 Å². The summed E-state index contributed by atoms with van der Waals surface area (Å²) < 4.78 is 0. The van der Waals surface area contributed by atoms with Crippen molar-refractivity contribution in [3.05, 3.63) is 0 Å². The molecule has 0 fully saturated rings. The van der Waals surface area contributed by atoms with Crippen LogP contribution in [-0.2, 0) is 0 Å². The SMILES string of the molecule is CC(C)C#CC(C)Br. The Labute approximate surface area is 59.8 Å². The van der Waals surface area contributed by atoms with Gasteiger partial charge < -0.3 is 0 Å². The highest BCUT2D eigenvalue weighted by Crippen LogP contribution is 1.94. The molecule has 1 atom stereocenters. The van der Waals surface area contributed by atoms with Crippen LogP contribution >= 0.6 is 15.9 Å². The summed E-state index contributed by atoms with van der Waals surface area (Å²) in [5, 5.41) is 0. The fraction of sp³-hybridized carbons (Fsp3) is 0.714. The van der Waals surface area contributed by atoms with Gasteiger partial charge in [-0.1, -0.05) is 41.6 Å². The average Bonchev–Trinajstić information content (AvgIpc) is 1.61. The number of rotatable bonds is 0. The summed E-state index contributed by atoms with van der Waals surface area (Å²) in [6.07, 6.45) is 0. The highest BCUT2D eigenvalue weighted by molar-refractivity contribution is 9.09. The maximum atomic E-state index is 3.33. The van der Waals surface area contributed by atoms with Gasteiger partial charge in [0.05, 0.1) is 4.83 Å². The lowest BCUT2D eigenvalue weighted by Crippen LogP contribution is -1.84. The van der Waals surface area contributed by atoms with Crippen molar-refractivity contribution in [1.82, 2.24) is 0 Å². The minimum Gasteiger partial charge on any atom is -0.0993 e. The molecule has 0 bridgehead atoms. The maximum Gasteiger partial charge on any atom is 0.0726 e. The first-order chi connectivity index (χ1) is 3.63. The molecule has 0 aromatic heterocycles. The molecule has 46 valence electrons. The zero-order chi connectivity index (χ0) is 6.57. The molecule has 0 aliphatic rings. The first-order valence-electron chi connectivity index (χ1n) is 2.78. The van der Waals surface area contributed by atoms with E-state index in [1.807, 2.05) is 6.92 Å². The average molecular weight is 175 g/mol. The summed E-state index contributed by atoms with van der Waals surface area (Å²) in [6.45, 7) is 6.19. The summed E-state index contributed by atoms with van der Waals surface area (Å²) in [5.74, 6) is 6.55. The second-order valence-corrected chi connectivity index (χ2v) is 3.43. The van der Waals surface area contributed by atoms with E-state index in [2.05, 4.69) is 41.6 Å². The van der Waals surface area contributed by atoms with Crippen molar-refractivity contribution in [2.24, 2.45) is 5.92 Å². The third-order valence-electron chi connectivity index (χ3n) is 0.571. The van der Waals surface area contributed by atoms with Crippen LogP contribution in [0.4, 0.5) is 0 Å². The molecule has 1 unspecified atom stereocenters. The van der Waals surface area contributed by atoms with Gasteiger partial charge in [-0.2, -0.15) is 0 Å². The lowest BCUT2D eigenvalue weighted by molar-refractivity contribution is 0.865. The van der Waals surface area contributed by atoms with E-state index in [0.717, 1.165) is 0 Å². The molecule has 0 heterocycles. The molecule has 0 aromatic carbocycles. The maximum absolute atomic E-state index is 3.33. The summed E-state index contributed by atoms with van der Waals surface area (Å²) in [6, 6.07) is 0. The Balaban J connectivity index is 3.50. The Kier molecular flexibility index (Phi) is 3.99. The predicted molar refractivity (Wildman–Crippen MR) is 41.0 cm³/mol. The summed E-state index contributed by atoms with van der Waals surface area (Å²) >= 11 is 3.33. The van der Waals surface area contributed by atoms with Gasteiger partial charge in [-0.05, 0) is 6.92 Å². The number of halogens is 1. The Morgan fingerprint density at radius 2 is 1.62 bits per heavy atom. The van der Waals surface area contributed by atoms with Gasteiger partial charge in [0, 0.05) is 5.92 Å². The van der Waals surface area contributed by atoms with E-state index < -0.39 is 0 Å². The van der Waals surface area contributed by atoms with E-state index in [9.17, 15) is 0 Å². The topological polar surface area (TPSA) is 0 Å². The second-order valence-electron chi connectivity index (χ2n) is 2.06. The van der Waals surface area contributed by atoms with Gasteiger partial charge in [0.15, 0.2) is 0 Å². The number of hydrogen-bond acceptors (Lipinski definition) is 0. The van der Waals surface area contributed by atoms with Crippen molar-refractivity contribution in [3.8, 4) is 11.8 Å². The predicted octanol–water partition coefficient (Wildman–Crippen LogP) is 2.43. The first-order valence-corrected chi connectivity index (χ1v) is 3.69. The molecule has 0 radical (unpaired) electrons. The van der Waals surface area contributed by atoms with Crippen molar-refractivity contribution in [2.75, 3.05) is 0 Å². The second kappa shape index (κ2) is 3.97. The Bertz CT molecular complexity index is 91.3. The minimum absolute atomic E-state index is 0.338. The van der Waals surface area contributed by atoms with Crippen LogP contribution < -0.4 is 0 Å². The number of alkyl halides is 1. The van der Waals surface area contributed by atoms with Crippen molar-refractivity contribution >= 4 is 15.9 Å². The molecule has 0 nitrogen and oxygen atoms in total. The Morgan fingerprint density at radius 3 is 1.75 bits per heavy atom. The minimum atomic E-state index is 0.338. The highest BCUT2D eigenvalue weighted by Gasteiger charge is 1.84. The molecule has 8 heavy (non-hydrogen) atoms. The van der Waals surface area contributed by atoms with Crippen LogP contribution in [0.2, 0.25) is 0 Å². The molecule has 1 heteroatoms. The van der Waals surface area contributed by atoms with Crippen LogP contribution in [0, 0.1) is 17.8 Å². The van der Waals surface area contributed by atoms with Crippen LogP contribution in [0.5, 0.6) is 0 Å². The first kappa shape index (κ1) is 8.04. The Hall–Kier alpha value is 0.0400. The molecule has 0 saturated carbocycles. The van der Waals surface area contributed by atoms with E-state index in [-0.39, 0.29) is 0 Å². The van der Waals surface area contributed by atoms with Gasteiger partial charge in [-0.15, -0.1) is 0 Å². The van der Waals surface area contributed by atoms with Crippen molar-refractivity contribution in [3.63, 3.8) is 0 Å². The van der Waals surface area contributed by atoms with Crippen molar-refractivity contribution in [2.45, 2.75) is 25.6 Å². The molecule has 0 amide bonds. The van der Waals surface area contributed by atoms with Crippen LogP contribution in [0.1, 0.15) is 20.8 Å². The van der Waals surface area contributed by atoms with Gasteiger partial charge in [-0.25, -0.2) is 0 Å². The Morgan fingerprint density at radius 1 is 1.12 bits per heavy atom. The smallest absolute Gasteiger partial charge is 0.0726 e. The third-order valence-corrected chi connectivity index (χ3v) is 0.800. The van der Waals surface area contributed by atoms with Gasteiger partial charge in [0.1, 0.15) is 0 Å². The third kappa shape index (κ3) is 6.04. The van der Waals surface area contributed by atoms with E-state index >= 15 is 0 Å². The standard InChI is InChI=1S/C7H11Br/c1-6(2)4-5-7(3)8/h6-7H,1-3H3. The summed E-state index contributed by atoms with van der Waals surface area (Å²) in [5.41, 5.74) is 0. The number of hydrogen-bond donors (Lipinski definition) is 0. The van der Waals surface area contributed by atoms with Gasteiger partial charge in [0.25, 0.3) is 0 Å². The van der Waals surface area contributed by atoms with Gasteiger partial charge >= 0.3 is 0 Å². The fourth-order valence-corrected chi connectivity index (χ4v) is 0.414. The summed E-state index contributed by atoms with van der Waals surface area (Å²) in [7, 11) is 0. The van der Waals surface area contributed by atoms with Crippen LogP contribution in [-0.4, -0.2) is 4.83 Å². The van der Waals surface area contributed by atoms with E-state index in [4.69, 9.17) is 0 Å². The van der Waals surface area contributed by atoms with Crippen LogP contribution in [0.25, 0.3) is 0 Å². The molecular formula is C7H11Br. The van der Waals surface area contributed by atoms with Gasteiger partial charge in [-0.3, -0.25) is 0 Å². The van der Waals surface area contributed by atoms with Crippen molar-refractivity contribution in [1.29, 1.82) is 0 Å². The fourth-order valence-electron chi connectivity index (χ4n) is 0.281. The molecule has 0 aromatic rings. The van der Waals surface area contributed by atoms with Crippen molar-refractivity contribution < 1.29 is 0 Å². The monoisotopic (exact) mass is 174 g/mol. The molecule has 0 rings (SSSR count). The molecule has 0 saturated heterocycles. The summed E-state index contributed by atoms with van der Waals surface area (Å²) in [4.78, 5) is 0.338. The highest BCUT2D eigenvalue weighted by atomic mass is 79.9. The van der Waals surface area contributed by atoms with Crippen LogP contribution in [0.3, 0.4) is 0 Å². The molecular weight excluding hydrogens is 164 g/mol. The molecule has 0 aliphatic carbocycles. The normalized spacial score (nSPS) is 12.6. The van der Waals surface area contributed by atoms with E-state index in [1.54, 1.807) is 0 Å². The lowest BCUT2D eigenvalue weighted by Gasteiger charge is -1.88. The van der Waals surface area contributed by atoms with E-state index in [0.29, 0.717) is 10.7 Å².